The molecule has 1 saturated carbocycles. The van der Waals surface area contributed by atoms with Gasteiger partial charge < -0.3 is 5.11 Å². The number of carboxylic acid groups (broad SMARTS) is 1. The Labute approximate surface area is 210 Å². The third-order valence-corrected chi connectivity index (χ3v) is 7.23. The molecule has 1 aliphatic rings. The Bertz CT molecular complexity index is 1270. The number of carbonyl (C=O) groups is 2. The summed E-state index contributed by atoms with van der Waals surface area (Å²) in [6.07, 6.45) is 7.08. The molecule has 0 amide bonds. The number of imidazole rings is 1. The van der Waals surface area contributed by atoms with Crippen LogP contribution < -0.4 is 5.69 Å². The Morgan fingerprint density at radius 3 is 2.43 bits per heavy atom. The average Bonchev–Trinajstić information content (AvgIpc) is 3.09. The standard InChI is InChI=1S/C28H31ClN2O4/c1-2-9-24-26(29)31(25(32)17-19-10-5-3-6-11-19)28(35)30(24)18-20-14-15-22(23(16-20)27(33)34)21-12-7-4-8-13-21/h4,7-8,12-16,19H,2-3,5-6,9-11,17-18H2,1H3,(H,33,34). The van der Waals surface area contributed by atoms with Gasteiger partial charge in [0.15, 0.2) is 0 Å². The van der Waals surface area contributed by atoms with Gasteiger partial charge >= 0.3 is 11.7 Å². The van der Waals surface area contributed by atoms with Crippen molar-refractivity contribution in [3.8, 4) is 11.1 Å². The maximum Gasteiger partial charge on any atom is 0.336 e. The number of aromatic nitrogens is 2. The van der Waals surface area contributed by atoms with Crippen molar-refractivity contribution in [3.63, 3.8) is 0 Å². The second-order valence-electron chi connectivity index (χ2n) is 9.34. The number of rotatable bonds is 8. The fourth-order valence-electron chi connectivity index (χ4n) is 5.06. The SMILES string of the molecule is CCCc1c(Cl)n(C(=O)CC2CCCCC2)c(=O)n1Cc1ccc(-c2ccccc2)c(C(=O)O)c1. The highest BCUT2D eigenvalue weighted by Crippen LogP contribution is 2.28. The molecule has 1 aromatic heterocycles. The van der Waals surface area contributed by atoms with Gasteiger partial charge in [-0.05, 0) is 47.9 Å². The van der Waals surface area contributed by atoms with Crippen molar-refractivity contribution in [1.82, 2.24) is 9.13 Å². The van der Waals surface area contributed by atoms with Crippen LogP contribution in [-0.4, -0.2) is 26.1 Å². The zero-order chi connectivity index (χ0) is 24.9. The van der Waals surface area contributed by atoms with Crippen molar-refractivity contribution in [2.75, 3.05) is 0 Å². The first-order valence-electron chi connectivity index (χ1n) is 12.4. The lowest BCUT2D eigenvalue weighted by Gasteiger charge is -2.20. The van der Waals surface area contributed by atoms with Crippen LogP contribution in [0.4, 0.5) is 0 Å². The van der Waals surface area contributed by atoms with Crippen LogP contribution in [0.1, 0.15) is 78.3 Å². The normalized spacial score (nSPS) is 14.2. The third-order valence-electron chi connectivity index (χ3n) is 6.85. The van der Waals surface area contributed by atoms with Crippen LogP contribution in [0, 0.1) is 5.92 Å². The first-order valence-corrected chi connectivity index (χ1v) is 12.7. The zero-order valence-corrected chi connectivity index (χ0v) is 20.8. The van der Waals surface area contributed by atoms with Crippen LogP contribution in [0.3, 0.4) is 0 Å². The molecule has 7 heteroatoms. The van der Waals surface area contributed by atoms with Crippen molar-refractivity contribution in [1.29, 1.82) is 0 Å². The molecule has 1 N–H and O–H groups in total. The van der Waals surface area contributed by atoms with Gasteiger partial charge in [-0.2, -0.15) is 0 Å². The number of halogens is 1. The molecule has 1 heterocycles. The summed E-state index contributed by atoms with van der Waals surface area (Å²) in [5.41, 5.74) is 2.40. The van der Waals surface area contributed by atoms with Gasteiger partial charge in [0.1, 0.15) is 5.15 Å². The van der Waals surface area contributed by atoms with Crippen molar-refractivity contribution < 1.29 is 14.7 Å². The minimum atomic E-state index is -1.04. The number of carbonyl (C=O) groups excluding carboxylic acids is 1. The summed E-state index contributed by atoms with van der Waals surface area (Å²) in [7, 11) is 0. The summed E-state index contributed by atoms with van der Waals surface area (Å²) in [6, 6.07) is 14.5. The second-order valence-corrected chi connectivity index (χ2v) is 9.70. The summed E-state index contributed by atoms with van der Waals surface area (Å²) >= 11 is 6.61. The molecular weight excluding hydrogens is 464 g/mol. The summed E-state index contributed by atoms with van der Waals surface area (Å²) in [5.74, 6) is -1.00. The fourth-order valence-corrected chi connectivity index (χ4v) is 5.43. The topological polar surface area (TPSA) is 81.3 Å². The molecule has 0 radical (unpaired) electrons. The first-order chi connectivity index (χ1) is 16.9. The summed E-state index contributed by atoms with van der Waals surface area (Å²) in [6.45, 7) is 2.14. The van der Waals surface area contributed by atoms with E-state index in [2.05, 4.69) is 0 Å². The quantitative estimate of drug-likeness (QED) is 0.399. The molecular formula is C28H31ClN2O4. The molecule has 1 fully saturated rings. The van der Waals surface area contributed by atoms with Gasteiger partial charge in [-0.15, -0.1) is 0 Å². The Kier molecular flexibility index (Phi) is 7.91. The lowest BCUT2D eigenvalue weighted by molar-refractivity contribution is 0.0697. The van der Waals surface area contributed by atoms with E-state index in [0.717, 1.165) is 42.2 Å². The van der Waals surface area contributed by atoms with Gasteiger partial charge in [-0.1, -0.05) is 86.7 Å². The third kappa shape index (κ3) is 5.43. The van der Waals surface area contributed by atoms with Gasteiger partial charge in [0, 0.05) is 6.42 Å². The van der Waals surface area contributed by atoms with Crippen LogP contribution in [0.2, 0.25) is 5.15 Å². The van der Waals surface area contributed by atoms with Crippen molar-refractivity contribution in [2.45, 2.75) is 64.8 Å². The molecule has 0 aliphatic heterocycles. The Morgan fingerprint density at radius 1 is 1.06 bits per heavy atom. The minimum absolute atomic E-state index is 0.146. The van der Waals surface area contributed by atoms with Crippen LogP contribution in [0.5, 0.6) is 0 Å². The van der Waals surface area contributed by atoms with Crippen molar-refractivity contribution in [2.24, 2.45) is 5.92 Å². The number of aromatic carboxylic acids is 1. The summed E-state index contributed by atoms with van der Waals surface area (Å²) < 4.78 is 2.64. The molecule has 0 atom stereocenters. The van der Waals surface area contributed by atoms with E-state index in [-0.39, 0.29) is 23.2 Å². The monoisotopic (exact) mass is 494 g/mol. The Morgan fingerprint density at radius 2 is 1.77 bits per heavy atom. The molecule has 2 aromatic carbocycles. The predicted molar refractivity (Wildman–Crippen MR) is 137 cm³/mol. The van der Waals surface area contributed by atoms with Crippen LogP contribution >= 0.6 is 11.6 Å². The smallest absolute Gasteiger partial charge is 0.336 e. The van der Waals surface area contributed by atoms with E-state index in [1.807, 2.05) is 43.3 Å². The number of benzene rings is 2. The van der Waals surface area contributed by atoms with E-state index in [4.69, 9.17) is 11.6 Å². The molecule has 6 nitrogen and oxygen atoms in total. The maximum atomic E-state index is 13.4. The molecule has 184 valence electrons. The average molecular weight is 495 g/mol. The highest BCUT2D eigenvalue weighted by Gasteiger charge is 2.25. The first kappa shape index (κ1) is 25.0. The largest absolute Gasteiger partial charge is 0.478 e. The van der Waals surface area contributed by atoms with Gasteiger partial charge in [-0.25, -0.2) is 14.2 Å². The molecule has 0 bridgehead atoms. The summed E-state index contributed by atoms with van der Waals surface area (Å²) in [5, 5.41) is 10.0. The van der Waals surface area contributed by atoms with Crippen LogP contribution in [-0.2, 0) is 13.0 Å². The van der Waals surface area contributed by atoms with Gasteiger partial charge in [0.2, 0.25) is 5.91 Å². The number of nitrogens with zero attached hydrogens (tertiary/aromatic N) is 2. The van der Waals surface area contributed by atoms with Crippen LogP contribution in [0.15, 0.2) is 53.3 Å². The van der Waals surface area contributed by atoms with Crippen molar-refractivity contribution in [3.05, 3.63) is 81.0 Å². The number of hydrogen-bond donors (Lipinski definition) is 1. The summed E-state index contributed by atoms with van der Waals surface area (Å²) in [4.78, 5) is 38.5. The fraction of sp³-hybridized carbons (Fsp3) is 0.393. The van der Waals surface area contributed by atoms with E-state index in [0.29, 0.717) is 35.6 Å². The number of carboxylic acids is 1. The molecule has 3 aromatic rings. The maximum absolute atomic E-state index is 13.4. The highest BCUT2D eigenvalue weighted by molar-refractivity contribution is 6.31. The van der Waals surface area contributed by atoms with Gasteiger partial charge in [0.05, 0.1) is 17.8 Å². The Balaban J connectivity index is 1.68. The molecule has 0 unspecified atom stereocenters. The highest BCUT2D eigenvalue weighted by atomic mass is 35.5. The minimum Gasteiger partial charge on any atom is -0.478 e. The molecule has 0 spiro atoms. The van der Waals surface area contributed by atoms with E-state index in [1.165, 1.54) is 11.0 Å². The molecule has 4 rings (SSSR count). The lowest BCUT2D eigenvalue weighted by atomic mass is 9.87. The molecule has 35 heavy (non-hydrogen) atoms. The van der Waals surface area contributed by atoms with E-state index in [1.54, 1.807) is 12.1 Å². The Hall–Kier alpha value is -3.12. The molecule has 1 aliphatic carbocycles. The van der Waals surface area contributed by atoms with Gasteiger partial charge in [0.25, 0.3) is 0 Å². The van der Waals surface area contributed by atoms with Crippen LogP contribution in [0.25, 0.3) is 11.1 Å². The molecule has 0 saturated heterocycles. The second kappa shape index (κ2) is 11.1. The zero-order valence-electron chi connectivity index (χ0n) is 20.0. The van der Waals surface area contributed by atoms with E-state index >= 15 is 0 Å². The lowest BCUT2D eigenvalue weighted by Crippen LogP contribution is -2.31. The van der Waals surface area contributed by atoms with E-state index in [9.17, 15) is 19.5 Å². The van der Waals surface area contributed by atoms with Gasteiger partial charge in [-0.3, -0.25) is 9.36 Å². The number of hydrogen-bond acceptors (Lipinski definition) is 3. The van der Waals surface area contributed by atoms with E-state index < -0.39 is 11.7 Å². The predicted octanol–water partition coefficient (Wildman–Crippen LogP) is 6.28. The van der Waals surface area contributed by atoms with Crippen molar-refractivity contribution >= 4 is 23.5 Å².